The molecule has 2 amide bonds. The van der Waals surface area contributed by atoms with Crippen LogP contribution < -0.4 is 19.5 Å². The Kier molecular flexibility index (Phi) is 3.89. The summed E-state index contributed by atoms with van der Waals surface area (Å²) in [4.78, 5) is 27.1. The van der Waals surface area contributed by atoms with Crippen LogP contribution in [0.3, 0.4) is 0 Å². The van der Waals surface area contributed by atoms with E-state index in [4.69, 9.17) is 14.2 Å². The molecule has 28 heavy (non-hydrogen) atoms. The number of nitrogens with one attached hydrogen (secondary N) is 1. The van der Waals surface area contributed by atoms with Crippen molar-refractivity contribution in [1.29, 1.82) is 0 Å². The molecule has 7 heteroatoms. The molecule has 0 aliphatic carbocycles. The van der Waals surface area contributed by atoms with E-state index >= 15 is 0 Å². The summed E-state index contributed by atoms with van der Waals surface area (Å²) in [7, 11) is 0. The number of ether oxygens (including phenoxy) is 3. The molecule has 0 unspecified atom stereocenters. The highest BCUT2D eigenvalue weighted by molar-refractivity contribution is 5.95. The van der Waals surface area contributed by atoms with Gasteiger partial charge in [0, 0.05) is 31.5 Å². The highest BCUT2D eigenvalue weighted by atomic mass is 16.7. The lowest BCUT2D eigenvalue weighted by Gasteiger charge is -2.40. The third-order valence-corrected chi connectivity index (χ3v) is 5.55. The van der Waals surface area contributed by atoms with Gasteiger partial charge in [-0.3, -0.25) is 9.59 Å². The van der Waals surface area contributed by atoms with Crippen LogP contribution in [0.25, 0.3) is 0 Å². The summed E-state index contributed by atoms with van der Waals surface area (Å²) in [5.74, 6) is 1.83. The number of likely N-dealkylation sites (tertiary alicyclic amines) is 1. The predicted molar refractivity (Wildman–Crippen MR) is 101 cm³/mol. The Morgan fingerprint density at radius 2 is 1.79 bits per heavy atom. The second kappa shape index (κ2) is 6.44. The van der Waals surface area contributed by atoms with Crippen LogP contribution in [0, 0.1) is 0 Å². The predicted octanol–water partition coefficient (Wildman–Crippen LogP) is 2.81. The first kappa shape index (κ1) is 16.9. The molecule has 0 atom stereocenters. The first-order chi connectivity index (χ1) is 13.6. The van der Waals surface area contributed by atoms with E-state index in [0.29, 0.717) is 54.4 Å². The van der Waals surface area contributed by atoms with E-state index in [2.05, 4.69) is 5.32 Å². The molecule has 2 aromatic rings. The molecule has 144 valence electrons. The van der Waals surface area contributed by atoms with E-state index in [1.54, 1.807) is 23.1 Å². The summed E-state index contributed by atoms with van der Waals surface area (Å²) in [5.41, 5.74) is 0.691. The molecule has 0 aromatic heterocycles. The minimum absolute atomic E-state index is 0.0494. The van der Waals surface area contributed by atoms with Crippen molar-refractivity contribution in [2.75, 3.05) is 25.2 Å². The third-order valence-electron chi connectivity index (χ3n) is 5.55. The van der Waals surface area contributed by atoms with Crippen LogP contribution in [-0.2, 0) is 4.79 Å². The summed E-state index contributed by atoms with van der Waals surface area (Å²) in [6.07, 6.45) is 1.49. The van der Waals surface area contributed by atoms with E-state index in [0.717, 1.165) is 0 Å². The van der Waals surface area contributed by atoms with Crippen molar-refractivity contribution in [1.82, 2.24) is 4.90 Å². The minimum atomic E-state index is -0.581. The average Bonchev–Trinajstić information content (AvgIpc) is 3.12. The second-order valence-electron chi connectivity index (χ2n) is 7.37. The fourth-order valence-corrected chi connectivity index (χ4v) is 4.02. The van der Waals surface area contributed by atoms with Crippen LogP contribution in [0.5, 0.6) is 17.2 Å². The van der Waals surface area contributed by atoms with Gasteiger partial charge in [0.25, 0.3) is 5.91 Å². The molecule has 1 spiro atoms. The third kappa shape index (κ3) is 2.93. The van der Waals surface area contributed by atoms with Gasteiger partial charge in [0.2, 0.25) is 12.7 Å². The normalized spacial score (nSPS) is 19.4. The Morgan fingerprint density at radius 3 is 2.64 bits per heavy atom. The van der Waals surface area contributed by atoms with E-state index in [1.807, 2.05) is 24.3 Å². The van der Waals surface area contributed by atoms with Crippen molar-refractivity contribution in [3.8, 4) is 17.2 Å². The lowest BCUT2D eigenvalue weighted by molar-refractivity contribution is -0.120. The SMILES string of the molecule is O=C1CC2(CCN(C(=O)c3ccc4c(c3)OCO4)CC2)Oc2ccccc2N1. The van der Waals surface area contributed by atoms with Crippen molar-refractivity contribution in [2.45, 2.75) is 24.9 Å². The first-order valence-corrected chi connectivity index (χ1v) is 9.39. The van der Waals surface area contributed by atoms with Gasteiger partial charge < -0.3 is 24.4 Å². The van der Waals surface area contributed by atoms with E-state index in [1.165, 1.54) is 0 Å². The monoisotopic (exact) mass is 380 g/mol. The highest BCUT2D eigenvalue weighted by Gasteiger charge is 2.42. The van der Waals surface area contributed by atoms with Crippen molar-refractivity contribution >= 4 is 17.5 Å². The number of hydrogen-bond donors (Lipinski definition) is 1. The van der Waals surface area contributed by atoms with Crippen molar-refractivity contribution in [3.05, 3.63) is 48.0 Å². The molecule has 3 aliphatic rings. The molecule has 1 saturated heterocycles. The quantitative estimate of drug-likeness (QED) is 0.823. The Hall–Kier alpha value is -3.22. The molecule has 1 fully saturated rings. The molecule has 7 nitrogen and oxygen atoms in total. The van der Waals surface area contributed by atoms with Crippen molar-refractivity contribution in [2.24, 2.45) is 0 Å². The van der Waals surface area contributed by atoms with Gasteiger partial charge in [-0.1, -0.05) is 12.1 Å². The summed E-state index contributed by atoms with van der Waals surface area (Å²) >= 11 is 0. The van der Waals surface area contributed by atoms with Crippen LogP contribution in [-0.4, -0.2) is 42.2 Å². The van der Waals surface area contributed by atoms with Crippen LogP contribution in [0.4, 0.5) is 5.69 Å². The van der Waals surface area contributed by atoms with Gasteiger partial charge in [-0.2, -0.15) is 0 Å². The van der Waals surface area contributed by atoms with Gasteiger partial charge in [-0.15, -0.1) is 0 Å². The summed E-state index contributed by atoms with van der Waals surface area (Å²) in [5, 5.41) is 2.91. The van der Waals surface area contributed by atoms with Crippen LogP contribution in [0.2, 0.25) is 0 Å². The van der Waals surface area contributed by atoms with Gasteiger partial charge in [0.1, 0.15) is 11.4 Å². The van der Waals surface area contributed by atoms with Crippen molar-refractivity contribution in [3.63, 3.8) is 0 Å². The maximum atomic E-state index is 12.9. The fourth-order valence-electron chi connectivity index (χ4n) is 4.02. The molecule has 3 heterocycles. The van der Waals surface area contributed by atoms with Crippen LogP contribution >= 0.6 is 0 Å². The number of fused-ring (bicyclic) bond motifs is 2. The molecule has 5 rings (SSSR count). The number of piperidine rings is 1. The molecule has 1 N–H and O–H groups in total. The van der Waals surface area contributed by atoms with E-state index < -0.39 is 5.60 Å². The van der Waals surface area contributed by atoms with E-state index in [-0.39, 0.29) is 25.0 Å². The number of amides is 2. The van der Waals surface area contributed by atoms with Gasteiger partial charge in [0.05, 0.1) is 12.1 Å². The lowest BCUT2D eigenvalue weighted by Crippen LogP contribution is -2.50. The van der Waals surface area contributed by atoms with Gasteiger partial charge >= 0.3 is 0 Å². The van der Waals surface area contributed by atoms with E-state index in [9.17, 15) is 9.59 Å². The maximum Gasteiger partial charge on any atom is 0.253 e. The number of anilines is 1. The lowest BCUT2D eigenvalue weighted by atomic mass is 9.87. The van der Waals surface area contributed by atoms with Crippen LogP contribution in [0.15, 0.2) is 42.5 Å². The first-order valence-electron chi connectivity index (χ1n) is 9.39. The number of rotatable bonds is 1. The molecular weight excluding hydrogens is 360 g/mol. The molecule has 0 bridgehead atoms. The molecular formula is C21H20N2O5. The zero-order valence-corrected chi connectivity index (χ0v) is 15.3. The summed E-state index contributed by atoms with van der Waals surface area (Å²) in [6, 6.07) is 12.7. The molecule has 3 aliphatic heterocycles. The van der Waals surface area contributed by atoms with Crippen molar-refractivity contribution < 1.29 is 23.8 Å². The number of hydrogen-bond acceptors (Lipinski definition) is 5. The Labute approximate surface area is 162 Å². The van der Waals surface area contributed by atoms with Gasteiger partial charge in [-0.25, -0.2) is 0 Å². The Balaban J connectivity index is 1.32. The maximum absolute atomic E-state index is 12.9. The average molecular weight is 380 g/mol. The topological polar surface area (TPSA) is 77.1 Å². The summed E-state index contributed by atoms with van der Waals surface area (Å²) in [6.45, 7) is 1.24. The standard InChI is InChI=1S/C21H20N2O5/c24-19-12-21(28-16-4-2-1-3-15(16)22-19)7-9-23(10-8-21)20(25)14-5-6-17-18(11-14)27-13-26-17/h1-6,11H,7-10,12-13H2,(H,22,24). The largest absolute Gasteiger partial charge is 0.484 e. The molecule has 2 aromatic carbocycles. The summed E-state index contributed by atoms with van der Waals surface area (Å²) < 4.78 is 17.0. The van der Waals surface area contributed by atoms with Gasteiger partial charge in [0.15, 0.2) is 11.5 Å². The molecule has 0 saturated carbocycles. The van der Waals surface area contributed by atoms with Crippen LogP contribution in [0.1, 0.15) is 29.6 Å². The number of carbonyl (C=O) groups excluding carboxylic acids is 2. The smallest absolute Gasteiger partial charge is 0.253 e. The fraction of sp³-hybridized carbons (Fsp3) is 0.333. The highest BCUT2D eigenvalue weighted by Crippen LogP contribution is 2.39. The number of carbonyl (C=O) groups is 2. The zero-order valence-electron chi connectivity index (χ0n) is 15.3. The van der Waals surface area contributed by atoms with Gasteiger partial charge in [-0.05, 0) is 30.3 Å². The number of benzene rings is 2. The second-order valence-corrected chi connectivity index (χ2v) is 7.37. The Bertz CT molecular complexity index is 950. The number of nitrogens with zero attached hydrogens (tertiary/aromatic N) is 1. The zero-order chi connectivity index (χ0) is 19.1. The minimum Gasteiger partial charge on any atom is -0.484 e. The number of para-hydroxylation sites is 2. The molecule has 0 radical (unpaired) electrons. The Morgan fingerprint density at radius 1 is 1.00 bits per heavy atom.